The van der Waals surface area contributed by atoms with Gasteiger partial charge in [-0.05, 0) is 80.4 Å². The number of carbonyl (C=O) groups is 3. The molecule has 4 rings (SSSR count). The molecule has 2 N–H and O–H groups in total. The van der Waals surface area contributed by atoms with Gasteiger partial charge in [-0.3, -0.25) is 0 Å². The highest BCUT2D eigenvalue weighted by Gasteiger charge is 2.33. The third kappa shape index (κ3) is 5.72. The molecule has 1 saturated heterocycles. The van der Waals surface area contributed by atoms with Crippen LogP contribution in [0.25, 0.3) is 0 Å². The number of halogens is 2. The Morgan fingerprint density at radius 1 is 1.09 bits per heavy atom. The smallest absolute Gasteiger partial charge is 0.410 e. The Kier molecular flexibility index (Phi) is 7.77. The molecular formula is C24H25Br2N3O5. The maximum Gasteiger partial charge on any atom is 0.410 e. The Morgan fingerprint density at radius 2 is 1.82 bits per heavy atom. The van der Waals surface area contributed by atoms with Crippen molar-refractivity contribution in [2.75, 3.05) is 25.0 Å². The van der Waals surface area contributed by atoms with Crippen molar-refractivity contribution in [3.8, 4) is 0 Å². The number of carboxylic acids is 1. The van der Waals surface area contributed by atoms with Crippen LogP contribution in [0.15, 0.2) is 51.4 Å². The summed E-state index contributed by atoms with van der Waals surface area (Å²) >= 11 is 6.78. The Morgan fingerprint density at radius 3 is 2.53 bits per heavy atom. The highest BCUT2D eigenvalue weighted by molar-refractivity contribution is 9.13. The normalized spacial score (nSPS) is 17.4. The van der Waals surface area contributed by atoms with Crippen LogP contribution in [0.1, 0.15) is 24.0 Å². The van der Waals surface area contributed by atoms with Crippen LogP contribution in [0, 0.1) is 0 Å². The number of piperidine rings is 1. The number of anilines is 1. The van der Waals surface area contributed by atoms with Crippen molar-refractivity contribution in [3.05, 3.63) is 62.5 Å². The molecule has 0 bridgehead atoms. The molecule has 8 nitrogen and oxygen atoms in total. The largest absolute Gasteiger partial charge is 0.478 e. The third-order valence-corrected chi connectivity index (χ3v) is 8.11. The van der Waals surface area contributed by atoms with Crippen molar-refractivity contribution < 1.29 is 24.2 Å². The summed E-state index contributed by atoms with van der Waals surface area (Å²) in [6.07, 6.45) is 0.122. The van der Waals surface area contributed by atoms with Crippen molar-refractivity contribution >= 4 is 55.6 Å². The quantitative estimate of drug-likeness (QED) is 0.513. The number of nitrogens with zero attached hydrogens (tertiary/aromatic N) is 2. The summed E-state index contributed by atoms with van der Waals surface area (Å²) in [5.41, 5.74) is 2.69. The molecule has 1 fully saturated rings. The van der Waals surface area contributed by atoms with Crippen molar-refractivity contribution in [1.29, 1.82) is 0 Å². The number of benzene rings is 2. The minimum Gasteiger partial charge on any atom is -0.478 e. The van der Waals surface area contributed by atoms with Gasteiger partial charge in [0.1, 0.15) is 0 Å². The van der Waals surface area contributed by atoms with Crippen LogP contribution in [-0.4, -0.2) is 64.8 Å². The molecule has 0 spiro atoms. The zero-order valence-corrected chi connectivity index (χ0v) is 21.5. The van der Waals surface area contributed by atoms with Gasteiger partial charge in [-0.1, -0.05) is 24.3 Å². The zero-order valence-electron chi connectivity index (χ0n) is 18.4. The number of likely N-dealkylation sites (tertiary alicyclic amines) is 1. The van der Waals surface area contributed by atoms with Crippen LogP contribution >= 0.6 is 31.9 Å². The molecule has 3 amide bonds. The molecular weight excluding hydrogens is 570 g/mol. The van der Waals surface area contributed by atoms with E-state index in [1.165, 1.54) is 4.90 Å². The first-order valence-electron chi connectivity index (χ1n) is 11.1. The molecule has 34 heavy (non-hydrogen) atoms. The molecule has 2 aliphatic rings. The van der Waals surface area contributed by atoms with Gasteiger partial charge in [0, 0.05) is 46.7 Å². The van der Waals surface area contributed by atoms with Crippen LogP contribution in [0.2, 0.25) is 0 Å². The fourth-order valence-corrected chi connectivity index (χ4v) is 5.03. The molecule has 1 atom stereocenters. The zero-order chi connectivity index (χ0) is 24.2. The average molecular weight is 595 g/mol. The molecule has 2 aliphatic heterocycles. The average Bonchev–Trinajstić information content (AvgIpc) is 2.99. The van der Waals surface area contributed by atoms with E-state index in [9.17, 15) is 19.5 Å². The first kappa shape index (κ1) is 24.5. The molecule has 0 aliphatic carbocycles. The van der Waals surface area contributed by atoms with Gasteiger partial charge in [-0.25, -0.2) is 14.4 Å². The lowest BCUT2D eigenvalue weighted by atomic mass is 10.0. The van der Waals surface area contributed by atoms with Crippen molar-refractivity contribution in [2.45, 2.75) is 37.8 Å². The van der Waals surface area contributed by atoms with Crippen molar-refractivity contribution in [3.63, 3.8) is 0 Å². The van der Waals surface area contributed by atoms with E-state index < -0.39 is 18.2 Å². The number of fused-ring (bicyclic) bond motifs is 1. The molecule has 0 aromatic heterocycles. The summed E-state index contributed by atoms with van der Waals surface area (Å²) in [5, 5.41) is 12.6. The van der Waals surface area contributed by atoms with Gasteiger partial charge >= 0.3 is 18.1 Å². The van der Waals surface area contributed by atoms with E-state index in [1.54, 1.807) is 12.1 Å². The fourth-order valence-electron chi connectivity index (χ4n) is 4.35. The predicted octanol–water partition coefficient (Wildman–Crippen LogP) is 4.90. The molecule has 1 unspecified atom stereocenters. The SMILES string of the molecule is O=C(O)C(Cc1ccc(Br)c(Br)c1)OC(=O)N1CCC(N2CCc3ccccc3NC2=O)CC1. The van der Waals surface area contributed by atoms with Gasteiger partial charge in [0.05, 0.1) is 0 Å². The fraction of sp³-hybridized carbons (Fsp3) is 0.375. The standard InChI is InChI=1S/C24H25Br2N3O5/c25-18-6-5-15(13-19(18)26)14-21(22(30)31)34-24(33)28-10-8-17(9-11-28)29-12-7-16-3-1-2-4-20(16)27-23(29)32/h1-6,13,17,21H,7-12,14H2,(H,27,32)(H,30,31). The van der Waals surface area contributed by atoms with Gasteiger partial charge in [0.15, 0.2) is 0 Å². The third-order valence-electron chi connectivity index (χ3n) is 6.23. The number of aliphatic carboxylic acids is 1. The summed E-state index contributed by atoms with van der Waals surface area (Å²) in [6.45, 7) is 1.41. The lowest BCUT2D eigenvalue weighted by Crippen LogP contribution is -2.50. The lowest BCUT2D eigenvalue weighted by Gasteiger charge is -2.37. The van der Waals surface area contributed by atoms with Crippen LogP contribution in [0.5, 0.6) is 0 Å². The number of amides is 3. The number of para-hydroxylation sites is 1. The summed E-state index contributed by atoms with van der Waals surface area (Å²) in [6, 6.07) is 13.1. The Balaban J connectivity index is 1.32. The molecule has 2 heterocycles. The maximum atomic E-state index is 12.8. The summed E-state index contributed by atoms with van der Waals surface area (Å²) in [7, 11) is 0. The van der Waals surface area contributed by atoms with Crippen LogP contribution in [0.4, 0.5) is 15.3 Å². The number of hydrogen-bond donors (Lipinski definition) is 2. The van der Waals surface area contributed by atoms with Crippen LogP contribution in [-0.2, 0) is 22.4 Å². The number of rotatable bonds is 5. The lowest BCUT2D eigenvalue weighted by molar-refractivity contribution is -0.147. The predicted molar refractivity (Wildman–Crippen MR) is 134 cm³/mol. The molecule has 0 radical (unpaired) electrons. The minimum atomic E-state index is -1.28. The second-order valence-corrected chi connectivity index (χ2v) is 10.1. The number of urea groups is 1. The molecule has 10 heteroatoms. The first-order chi connectivity index (χ1) is 16.3. The summed E-state index contributed by atoms with van der Waals surface area (Å²) in [5.74, 6) is -1.19. The first-order valence-corrected chi connectivity index (χ1v) is 12.7. The maximum absolute atomic E-state index is 12.8. The Hall–Kier alpha value is -2.59. The Bertz CT molecular complexity index is 1090. The van der Waals surface area contributed by atoms with E-state index in [2.05, 4.69) is 37.2 Å². The molecule has 180 valence electrons. The molecule has 0 saturated carbocycles. The van der Waals surface area contributed by atoms with Gasteiger partial charge in [0.2, 0.25) is 6.10 Å². The summed E-state index contributed by atoms with van der Waals surface area (Å²) in [4.78, 5) is 40.6. The summed E-state index contributed by atoms with van der Waals surface area (Å²) < 4.78 is 7.00. The second-order valence-electron chi connectivity index (χ2n) is 8.41. The van der Waals surface area contributed by atoms with Gasteiger partial charge < -0.3 is 25.0 Å². The number of carboxylic acid groups (broad SMARTS) is 1. The van der Waals surface area contributed by atoms with E-state index in [4.69, 9.17) is 4.74 Å². The van der Waals surface area contributed by atoms with Crippen LogP contribution < -0.4 is 5.32 Å². The topological polar surface area (TPSA) is 99.2 Å². The second kappa shape index (κ2) is 10.8. The highest BCUT2D eigenvalue weighted by Crippen LogP contribution is 2.26. The number of nitrogens with one attached hydrogen (secondary N) is 1. The number of hydrogen-bond acceptors (Lipinski definition) is 4. The van der Waals surface area contributed by atoms with E-state index in [0.717, 1.165) is 32.2 Å². The number of carbonyl (C=O) groups excluding carboxylic acids is 2. The van der Waals surface area contributed by atoms with E-state index in [0.29, 0.717) is 32.5 Å². The van der Waals surface area contributed by atoms with Gasteiger partial charge in [-0.2, -0.15) is 0 Å². The molecule has 2 aromatic carbocycles. The van der Waals surface area contributed by atoms with Crippen molar-refractivity contribution in [1.82, 2.24) is 9.80 Å². The van der Waals surface area contributed by atoms with Crippen molar-refractivity contribution in [2.24, 2.45) is 0 Å². The van der Waals surface area contributed by atoms with E-state index >= 15 is 0 Å². The number of ether oxygens (including phenoxy) is 1. The van der Waals surface area contributed by atoms with E-state index in [-0.39, 0.29) is 18.5 Å². The van der Waals surface area contributed by atoms with Gasteiger partial charge in [0.25, 0.3) is 0 Å². The minimum absolute atomic E-state index is 0.00810. The van der Waals surface area contributed by atoms with Gasteiger partial charge in [-0.15, -0.1) is 0 Å². The van der Waals surface area contributed by atoms with E-state index in [1.807, 2.05) is 35.2 Å². The monoisotopic (exact) mass is 593 g/mol. The highest BCUT2D eigenvalue weighted by atomic mass is 79.9. The van der Waals surface area contributed by atoms with Crippen LogP contribution in [0.3, 0.4) is 0 Å². The Labute approximate surface area is 214 Å². The molecule has 2 aromatic rings.